The first-order chi connectivity index (χ1) is 16.1. The summed E-state index contributed by atoms with van der Waals surface area (Å²) in [6.07, 6.45) is 1.77. The van der Waals surface area contributed by atoms with Crippen LogP contribution in [0.15, 0.2) is 76.7 Å². The van der Waals surface area contributed by atoms with E-state index in [1.807, 2.05) is 30.0 Å². The van der Waals surface area contributed by atoms with E-state index in [0.717, 1.165) is 5.82 Å². The maximum atomic E-state index is 13.3. The van der Waals surface area contributed by atoms with E-state index in [1.54, 1.807) is 53.6 Å². The van der Waals surface area contributed by atoms with E-state index < -0.39 is 10.8 Å². The fourth-order valence-electron chi connectivity index (χ4n) is 4.37. The van der Waals surface area contributed by atoms with Gasteiger partial charge in [-0.3, -0.25) is 9.59 Å². The number of nitrogens with zero attached hydrogens (tertiary/aromatic N) is 4. The molecular weight excluding hydrogens is 436 g/mol. The molecule has 0 bridgehead atoms. The van der Waals surface area contributed by atoms with Crippen LogP contribution in [0.25, 0.3) is 0 Å². The lowest BCUT2D eigenvalue weighted by molar-refractivity contribution is 0.0746. The molecule has 2 aliphatic rings. The van der Waals surface area contributed by atoms with E-state index in [-0.39, 0.29) is 11.8 Å². The second-order valence-electron chi connectivity index (χ2n) is 7.96. The highest BCUT2D eigenvalue weighted by Crippen LogP contribution is 2.35. The van der Waals surface area contributed by atoms with Gasteiger partial charge in [-0.1, -0.05) is 18.2 Å². The largest absolute Gasteiger partial charge is 0.353 e. The standard InChI is InChI=1S/C25H24N4O3S/c1-2-29-20-17-18(10-11-22(20)33(32)21-8-4-3-7-19(21)25(29)31)24(30)28-15-13-27(14-16-28)23-9-5-6-12-26-23/h3-12,17H,2,13-16H2,1H3. The Hall–Kier alpha value is -3.52. The van der Waals surface area contributed by atoms with Crippen LogP contribution in [-0.4, -0.2) is 58.6 Å². The van der Waals surface area contributed by atoms with Crippen molar-refractivity contribution < 1.29 is 13.8 Å². The molecule has 1 fully saturated rings. The molecule has 168 valence electrons. The van der Waals surface area contributed by atoms with Gasteiger partial charge in [0.2, 0.25) is 0 Å². The minimum Gasteiger partial charge on any atom is -0.353 e. The fraction of sp³-hybridized carbons (Fsp3) is 0.240. The van der Waals surface area contributed by atoms with Crippen LogP contribution in [0.4, 0.5) is 11.5 Å². The number of anilines is 2. The highest BCUT2D eigenvalue weighted by molar-refractivity contribution is 7.85. The highest BCUT2D eigenvalue weighted by Gasteiger charge is 2.31. The zero-order valence-corrected chi connectivity index (χ0v) is 19.1. The molecule has 0 radical (unpaired) electrons. The molecule has 2 amide bonds. The SMILES string of the molecule is CCN1C(=O)c2ccccc2S(=O)c2ccc(C(=O)N3CCN(c4ccccn4)CC3)cc21. The summed E-state index contributed by atoms with van der Waals surface area (Å²) in [6, 6.07) is 18.0. The third-order valence-electron chi connectivity index (χ3n) is 6.12. The Kier molecular flexibility index (Phi) is 5.68. The Labute approximate surface area is 195 Å². The number of fused-ring (bicyclic) bond motifs is 2. The fourth-order valence-corrected chi connectivity index (χ4v) is 5.72. The molecular formula is C25H24N4O3S. The summed E-state index contributed by atoms with van der Waals surface area (Å²) in [6.45, 7) is 4.86. The number of carbonyl (C=O) groups excluding carboxylic acids is 2. The van der Waals surface area contributed by atoms with Gasteiger partial charge in [0.1, 0.15) is 5.82 Å². The van der Waals surface area contributed by atoms with Gasteiger partial charge in [0.25, 0.3) is 11.8 Å². The molecule has 1 aromatic heterocycles. The van der Waals surface area contributed by atoms with E-state index >= 15 is 0 Å². The van der Waals surface area contributed by atoms with E-state index in [9.17, 15) is 13.8 Å². The molecule has 3 heterocycles. The van der Waals surface area contributed by atoms with Crippen LogP contribution >= 0.6 is 0 Å². The second kappa shape index (κ2) is 8.78. The van der Waals surface area contributed by atoms with Gasteiger partial charge in [-0.25, -0.2) is 9.19 Å². The van der Waals surface area contributed by atoms with Crippen molar-refractivity contribution in [3.05, 3.63) is 78.0 Å². The van der Waals surface area contributed by atoms with Gasteiger partial charge in [0, 0.05) is 44.5 Å². The molecule has 1 unspecified atom stereocenters. The number of benzene rings is 2. The predicted octanol–water partition coefficient (Wildman–Crippen LogP) is 3.19. The molecule has 0 saturated carbocycles. The second-order valence-corrected chi connectivity index (χ2v) is 9.38. The van der Waals surface area contributed by atoms with Crippen molar-refractivity contribution in [1.29, 1.82) is 0 Å². The number of rotatable bonds is 3. The van der Waals surface area contributed by atoms with Crippen LogP contribution in [0.5, 0.6) is 0 Å². The number of pyridine rings is 1. The summed E-state index contributed by atoms with van der Waals surface area (Å²) in [5, 5.41) is 0. The first-order valence-corrected chi connectivity index (χ1v) is 12.2. The zero-order valence-electron chi connectivity index (χ0n) is 18.3. The smallest absolute Gasteiger partial charge is 0.259 e. The van der Waals surface area contributed by atoms with Gasteiger partial charge < -0.3 is 14.7 Å². The van der Waals surface area contributed by atoms with Crippen molar-refractivity contribution in [1.82, 2.24) is 9.88 Å². The Morgan fingerprint density at radius 3 is 2.45 bits per heavy atom. The molecule has 1 saturated heterocycles. The topological polar surface area (TPSA) is 73.8 Å². The van der Waals surface area contributed by atoms with Crippen LogP contribution < -0.4 is 9.80 Å². The Morgan fingerprint density at radius 1 is 0.970 bits per heavy atom. The van der Waals surface area contributed by atoms with E-state index in [2.05, 4.69) is 9.88 Å². The lowest BCUT2D eigenvalue weighted by Crippen LogP contribution is -2.49. The number of amides is 2. The Morgan fingerprint density at radius 2 is 1.73 bits per heavy atom. The van der Waals surface area contributed by atoms with Crippen LogP contribution in [0.3, 0.4) is 0 Å². The molecule has 2 aliphatic heterocycles. The minimum absolute atomic E-state index is 0.0884. The maximum absolute atomic E-state index is 13.3. The zero-order chi connectivity index (χ0) is 22.9. The summed E-state index contributed by atoms with van der Waals surface area (Å²) in [5.41, 5.74) is 1.47. The minimum atomic E-state index is -1.50. The van der Waals surface area contributed by atoms with E-state index in [4.69, 9.17) is 0 Å². The number of carbonyl (C=O) groups is 2. The van der Waals surface area contributed by atoms with Gasteiger partial charge in [0.05, 0.1) is 31.8 Å². The molecule has 33 heavy (non-hydrogen) atoms. The van der Waals surface area contributed by atoms with Gasteiger partial charge >= 0.3 is 0 Å². The predicted molar refractivity (Wildman–Crippen MR) is 127 cm³/mol. The molecule has 0 spiro atoms. The average Bonchev–Trinajstić information content (AvgIpc) is 2.97. The van der Waals surface area contributed by atoms with Crippen LogP contribution in [-0.2, 0) is 10.8 Å². The van der Waals surface area contributed by atoms with Crippen molar-refractivity contribution in [2.45, 2.75) is 16.7 Å². The normalized spacial score (nSPS) is 17.9. The summed E-state index contributed by atoms with van der Waals surface area (Å²) >= 11 is 0. The third kappa shape index (κ3) is 3.80. The molecule has 0 aliphatic carbocycles. The van der Waals surface area contributed by atoms with Gasteiger partial charge in [-0.15, -0.1) is 0 Å². The maximum Gasteiger partial charge on any atom is 0.259 e. The van der Waals surface area contributed by atoms with Gasteiger partial charge in [-0.2, -0.15) is 0 Å². The van der Waals surface area contributed by atoms with E-state index in [0.29, 0.717) is 59.3 Å². The summed E-state index contributed by atoms with van der Waals surface area (Å²) in [5.74, 6) is 0.622. The number of piperazine rings is 1. The van der Waals surface area contributed by atoms with Crippen molar-refractivity contribution in [3.63, 3.8) is 0 Å². The molecule has 8 heteroatoms. The molecule has 7 nitrogen and oxygen atoms in total. The lowest BCUT2D eigenvalue weighted by Gasteiger charge is -2.35. The van der Waals surface area contributed by atoms with E-state index in [1.165, 1.54) is 0 Å². The van der Waals surface area contributed by atoms with Crippen molar-refractivity contribution >= 4 is 34.1 Å². The molecule has 3 aromatic rings. The van der Waals surface area contributed by atoms with Crippen LogP contribution in [0.2, 0.25) is 0 Å². The summed E-state index contributed by atoms with van der Waals surface area (Å²) < 4.78 is 13.3. The first-order valence-electron chi connectivity index (χ1n) is 11.0. The van der Waals surface area contributed by atoms with Gasteiger partial charge in [-0.05, 0) is 49.4 Å². The Balaban J connectivity index is 1.42. The number of hydrogen-bond acceptors (Lipinski definition) is 5. The average molecular weight is 461 g/mol. The van der Waals surface area contributed by atoms with Gasteiger partial charge in [0.15, 0.2) is 0 Å². The van der Waals surface area contributed by atoms with Crippen LogP contribution in [0, 0.1) is 0 Å². The van der Waals surface area contributed by atoms with Crippen LogP contribution in [0.1, 0.15) is 27.6 Å². The van der Waals surface area contributed by atoms with Crippen molar-refractivity contribution in [2.75, 3.05) is 42.5 Å². The third-order valence-corrected chi connectivity index (χ3v) is 7.62. The number of hydrogen-bond donors (Lipinski definition) is 0. The number of aromatic nitrogens is 1. The molecule has 1 atom stereocenters. The van der Waals surface area contributed by atoms with Crippen molar-refractivity contribution in [3.8, 4) is 0 Å². The molecule has 5 rings (SSSR count). The monoisotopic (exact) mass is 460 g/mol. The molecule has 0 N–H and O–H groups in total. The Bertz CT molecular complexity index is 1240. The summed E-state index contributed by atoms with van der Waals surface area (Å²) in [4.78, 5) is 37.6. The first kappa shape index (κ1) is 21.3. The summed E-state index contributed by atoms with van der Waals surface area (Å²) in [7, 11) is -1.50. The quantitative estimate of drug-likeness (QED) is 0.600. The lowest BCUT2D eigenvalue weighted by atomic mass is 10.1. The molecule has 2 aromatic carbocycles. The highest BCUT2D eigenvalue weighted by atomic mass is 32.2. The van der Waals surface area contributed by atoms with Crippen molar-refractivity contribution in [2.24, 2.45) is 0 Å².